The molecule has 3 rings (SSSR count). The largest absolute Gasteiger partial charge is 0.299 e. The molecule has 2 aliphatic rings. The molecule has 0 aromatic heterocycles. The lowest BCUT2D eigenvalue weighted by atomic mass is 9.67. The van der Waals surface area contributed by atoms with Gasteiger partial charge in [-0.15, -0.1) is 0 Å². The molecule has 4 unspecified atom stereocenters. The van der Waals surface area contributed by atoms with Crippen LogP contribution in [0.15, 0.2) is 24.3 Å². The molecule has 0 amide bonds. The number of hydrogen-bond donors (Lipinski definition) is 0. The van der Waals surface area contributed by atoms with Crippen LogP contribution in [0, 0.1) is 23.7 Å². The third kappa shape index (κ3) is 2.76. The van der Waals surface area contributed by atoms with Gasteiger partial charge in [0.25, 0.3) is 0 Å². The smallest absolute Gasteiger partial charge is 0.140 e. The maximum absolute atomic E-state index is 12.0. The van der Waals surface area contributed by atoms with Gasteiger partial charge in [0, 0.05) is 12.8 Å². The first-order valence-electron chi connectivity index (χ1n) is 8.58. The first-order valence-corrected chi connectivity index (χ1v) is 8.58. The van der Waals surface area contributed by atoms with Crippen molar-refractivity contribution in [1.29, 1.82) is 0 Å². The number of fused-ring (bicyclic) bond motifs is 1. The van der Waals surface area contributed by atoms with Gasteiger partial charge in [0.15, 0.2) is 0 Å². The molecular weight excluding hydrogens is 272 g/mol. The normalized spacial score (nSPS) is 33.4. The van der Waals surface area contributed by atoms with Crippen molar-refractivity contribution in [3.05, 3.63) is 35.4 Å². The van der Waals surface area contributed by atoms with E-state index in [9.17, 15) is 9.59 Å². The lowest BCUT2D eigenvalue weighted by Gasteiger charge is -2.36. The van der Waals surface area contributed by atoms with E-state index in [1.807, 2.05) is 0 Å². The van der Waals surface area contributed by atoms with Gasteiger partial charge >= 0.3 is 0 Å². The molecule has 2 aliphatic carbocycles. The monoisotopic (exact) mass is 298 g/mol. The average molecular weight is 298 g/mol. The number of benzene rings is 1. The Balaban J connectivity index is 2.03. The SMILES string of the molecule is CC1Cc2ccccc2C(C2CC(=O)CC(=O)C2)C(C)C1C. The van der Waals surface area contributed by atoms with Crippen LogP contribution in [0.3, 0.4) is 0 Å². The fourth-order valence-electron chi connectivity index (χ4n) is 4.66. The fraction of sp³-hybridized carbons (Fsp3) is 0.600. The van der Waals surface area contributed by atoms with Crippen LogP contribution in [0.4, 0.5) is 0 Å². The quantitative estimate of drug-likeness (QED) is 0.576. The first-order chi connectivity index (χ1) is 10.5. The third-order valence-corrected chi connectivity index (χ3v) is 6.13. The highest BCUT2D eigenvalue weighted by molar-refractivity contribution is 6.01. The van der Waals surface area contributed by atoms with Crippen molar-refractivity contribution in [2.24, 2.45) is 23.7 Å². The van der Waals surface area contributed by atoms with Crippen LogP contribution >= 0.6 is 0 Å². The molecular formula is C20H26O2. The number of ketones is 2. The second-order valence-electron chi connectivity index (χ2n) is 7.55. The van der Waals surface area contributed by atoms with Crippen LogP contribution in [0.1, 0.15) is 57.1 Å². The molecule has 22 heavy (non-hydrogen) atoms. The highest BCUT2D eigenvalue weighted by Crippen LogP contribution is 2.47. The fourth-order valence-corrected chi connectivity index (χ4v) is 4.66. The van der Waals surface area contributed by atoms with E-state index in [0.717, 1.165) is 6.42 Å². The van der Waals surface area contributed by atoms with E-state index in [1.165, 1.54) is 11.1 Å². The Bertz CT molecular complexity index is 573. The van der Waals surface area contributed by atoms with E-state index in [2.05, 4.69) is 45.0 Å². The number of carbonyl (C=O) groups is 2. The van der Waals surface area contributed by atoms with Gasteiger partial charge in [-0.25, -0.2) is 0 Å². The Morgan fingerprint density at radius 2 is 1.50 bits per heavy atom. The van der Waals surface area contributed by atoms with E-state index >= 15 is 0 Å². The molecule has 0 saturated heterocycles. The second-order valence-corrected chi connectivity index (χ2v) is 7.55. The van der Waals surface area contributed by atoms with Gasteiger partial charge in [0.05, 0.1) is 6.42 Å². The van der Waals surface area contributed by atoms with Gasteiger partial charge in [-0.05, 0) is 47.1 Å². The van der Waals surface area contributed by atoms with Crippen molar-refractivity contribution in [1.82, 2.24) is 0 Å². The van der Waals surface area contributed by atoms with Gasteiger partial charge in [0.2, 0.25) is 0 Å². The van der Waals surface area contributed by atoms with Gasteiger partial charge in [-0.1, -0.05) is 45.0 Å². The molecule has 0 heterocycles. The Hall–Kier alpha value is -1.44. The first kappa shape index (κ1) is 15.5. The van der Waals surface area contributed by atoms with Gasteiger partial charge < -0.3 is 0 Å². The van der Waals surface area contributed by atoms with Crippen molar-refractivity contribution >= 4 is 11.6 Å². The molecule has 0 spiro atoms. The van der Waals surface area contributed by atoms with Crippen LogP contribution in [-0.4, -0.2) is 11.6 Å². The molecule has 1 saturated carbocycles. The number of rotatable bonds is 1. The van der Waals surface area contributed by atoms with Crippen LogP contribution in [0.5, 0.6) is 0 Å². The van der Waals surface area contributed by atoms with Gasteiger partial charge in [0.1, 0.15) is 11.6 Å². The van der Waals surface area contributed by atoms with Crippen molar-refractivity contribution in [2.45, 2.75) is 52.4 Å². The molecule has 1 fully saturated rings. The summed E-state index contributed by atoms with van der Waals surface area (Å²) in [6.45, 7) is 6.98. The summed E-state index contributed by atoms with van der Waals surface area (Å²) in [6, 6.07) is 8.67. The molecule has 1 aromatic rings. The van der Waals surface area contributed by atoms with Crippen molar-refractivity contribution in [3.63, 3.8) is 0 Å². The van der Waals surface area contributed by atoms with Crippen LogP contribution in [0.25, 0.3) is 0 Å². The molecule has 0 N–H and O–H groups in total. The highest BCUT2D eigenvalue weighted by atomic mass is 16.1. The number of carbonyl (C=O) groups excluding carboxylic acids is 2. The predicted molar refractivity (Wildman–Crippen MR) is 87.7 cm³/mol. The molecule has 118 valence electrons. The maximum atomic E-state index is 12.0. The lowest BCUT2D eigenvalue weighted by Crippen LogP contribution is -2.32. The summed E-state index contributed by atoms with van der Waals surface area (Å²) in [6.07, 6.45) is 2.42. The summed E-state index contributed by atoms with van der Waals surface area (Å²) >= 11 is 0. The zero-order valence-electron chi connectivity index (χ0n) is 13.8. The van der Waals surface area contributed by atoms with E-state index in [0.29, 0.717) is 36.5 Å². The Kier molecular flexibility index (Phi) is 4.20. The minimum atomic E-state index is 0.135. The third-order valence-electron chi connectivity index (χ3n) is 6.13. The summed E-state index contributed by atoms with van der Waals surface area (Å²) in [5.74, 6) is 2.54. The van der Waals surface area contributed by atoms with Gasteiger partial charge in [-0.3, -0.25) is 9.59 Å². The highest BCUT2D eigenvalue weighted by Gasteiger charge is 2.40. The van der Waals surface area contributed by atoms with Crippen LogP contribution in [-0.2, 0) is 16.0 Å². The van der Waals surface area contributed by atoms with Crippen molar-refractivity contribution < 1.29 is 9.59 Å². The van der Waals surface area contributed by atoms with E-state index in [1.54, 1.807) is 0 Å². The Labute approximate surface area is 133 Å². The Morgan fingerprint density at radius 1 is 0.864 bits per heavy atom. The summed E-state index contributed by atoms with van der Waals surface area (Å²) in [4.78, 5) is 23.9. The molecule has 2 nitrogen and oxygen atoms in total. The molecule has 0 bridgehead atoms. The Morgan fingerprint density at radius 3 is 2.18 bits per heavy atom. The van der Waals surface area contributed by atoms with Crippen molar-refractivity contribution in [3.8, 4) is 0 Å². The van der Waals surface area contributed by atoms with Crippen molar-refractivity contribution in [2.75, 3.05) is 0 Å². The zero-order chi connectivity index (χ0) is 15.9. The predicted octanol–water partition coefficient (Wildman–Crippen LogP) is 4.17. The molecule has 2 heteroatoms. The molecule has 0 radical (unpaired) electrons. The van der Waals surface area contributed by atoms with Crippen LogP contribution in [0.2, 0.25) is 0 Å². The molecule has 0 aliphatic heterocycles. The summed E-state index contributed by atoms with van der Waals surface area (Å²) in [5.41, 5.74) is 2.81. The number of hydrogen-bond acceptors (Lipinski definition) is 2. The topological polar surface area (TPSA) is 34.1 Å². The van der Waals surface area contributed by atoms with E-state index < -0.39 is 0 Å². The minimum absolute atomic E-state index is 0.135. The van der Waals surface area contributed by atoms with Gasteiger partial charge in [-0.2, -0.15) is 0 Å². The second kappa shape index (κ2) is 5.98. The zero-order valence-corrected chi connectivity index (χ0v) is 13.8. The standard InChI is InChI=1S/C20H26O2/c1-12-8-15-6-4-5-7-19(15)20(14(3)13(12)2)16-9-17(21)11-18(22)10-16/h4-7,12-14,16,20H,8-11H2,1-3H3. The van der Waals surface area contributed by atoms with E-state index in [-0.39, 0.29) is 23.9 Å². The summed E-state index contributed by atoms with van der Waals surface area (Å²) in [5, 5.41) is 0. The maximum Gasteiger partial charge on any atom is 0.140 e. The van der Waals surface area contributed by atoms with Crippen LogP contribution < -0.4 is 0 Å². The molecule has 4 atom stereocenters. The summed E-state index contributed by atoms with van der Waals surface area (Å²) in [7, 11) is 0. The number of Topliss-reactive ketones (excluding diaryl/α,β-unsaturated/α-hetero) is 2. The van der Waals surface area contributed by atoms with E-state index in [4.69, 9.17) is 0 Å². The molecule has 1 aromatic carbocycles. The average Bonchev–Trinajstić information content (AvgIpc) is 2.55. The lowest BCUT2D eigenvalue weighted by molar-refractivity contribution is -0.131. The minimum Gasteiger partial charge on any atom is -0.299 e. The summed E-state index contributed by atoms with van der Waals surface area (Å²) < 4.78 is 0.